The van der Waals surface area contributed by atoms with Gasteiger partial charge in [0.25, 0.3) is 0 Å². The van der Waals surface area contributed by atoms with Crippen LogP contribution in [0.3, 0.4) is 0 Å². The SMILES string of the molecule is O=C(CCNS(=O)(=O)c1ccccc1)NCc1cn2cc(Cl)ccc2n1. The Morgan fingerprint density at radius 3 is 2.65 bits per heavy atom. The molecule has 0 bridgehead atoms. The minimum absolute atomic E-state index is 0.0177. The van der Waals surface area contributed by atoms with Crippen molar-refractivity contribution in [3.63, 3.8) is 0 Å². The largest absolute Gasteiger partial charge is 0.350 e. The fraction of sp³-hybridized carbons (Fsp3) is 0.176. The van der Waals surface area contributed by atoms with E-state index in [2.05, 4.69) is 15.0 Å². The predicted octanol–water partition coefficient (Wildman–Crippen LogP) is 1.97. The first-order valence-electron chi connectivity index (χ1n) is 7.88. The molecule has 0 atom stereocenters. The minimum atomic E-state index is -3.60. The lowest BCUT2D eigenvalue weighted by Crippen LogP contribution is -2.30. The Labute approximate surface area is 156 Å². The van der Waals surface area contributed by atoms with Crippen LogP contribution in [0.25, 0.3) is 5.65 Å². The van der Waals surface area contributed by atoms with Gasteiger partial charge >= 0.3 is 0 Å². The highest BCUT2D eigenvalue weighted by Gasteiger charge is 2.13. The number of amides is 1. The first-order valence-corrected chi connectivity index (χ1v) is 9.75. The summed E-state index contributed by atoms with van der Waals surface area (Å²) in [6.07, 6.45) is 3.54. The van der Waals surface area contributed by atoms with Crippen molar-refractivity contribution in [1.82, 2.24) is 19.4 Å². The first kappa shape index (κ1) is 18.4. The number of nitrogens with zero attached hydrogens (tertiary/aromatic N) is 2. The monoisotopic (exact) mass is 392 g/mol. The van der Waals surface area contributed by atoms with Crippen molar-refractivity contribution in [2.75, 3.05) is 6.54 Å². The zero-order valence-corrected chi connectivity index (χ0v) is 15.3. The highest BCUT2D eigenvalue weighted by atomic mass is 35.5. The summed E-state index contributed by atoms with van der Waals surface area (Å²) in [5.41, 5.74) is 1.42. The van der Waals surface area contributed by atoms with E-state index < -0.39 is 10.0 Å². The molecule has 3 aromatic rings. The van der Waals surface area contributed by atoms with Gasteiger partial charge in [-0.2, -0.15) is 0 Å². The number of imidazole rings is 1. The molecular weight excluding hydrogens is 376 g/mol. The van der Waals surface area contributed by atoms with E-state index in [1.165, 1.54) is 12.1 Å². The molecule has 0 spiro atoms. The van der Waals surface area contributed by atoms with Crippen molar-refractivity contribution < 1.29 is 13.2 Å². The standard InChI is InChI=1S/C17H17ClN4O3S/c18-13-6-7-16-21-14(12-22(16)11-13)10-19-17(23)8-9-20-26(24,25)15-4-2-1-3-5-15/h1-7,11-12,20H,8-10H2,(H,19,23). The molecule has 2 N–H and O–H groups in total. The Hall–Kier alpha value is -2.42. The Balaban J connectivity index is 1.48. The van der Waals surface area contributed by atoms with E-state index in [0.717, 1.165) is 5.65 Å². The Kier molecular flexibility index (Phi) is 5.55. The molecule has 0 aliphatic rings. The maximum atomic E-state index is 12.1. The maximum Gasteiger partial charge on any atom is 0.240 e. The number of carbonyl (C=O) groups excluding carboxylic acids is 1. The second-order valence-electron chi connectivity index (χ2n) is 5.58. The molecule has 0 aliphatic heterocycles. The molecule has 1 aromatic carbocycles. The van der Waals surface area contributed by atoms with Gasteiger partial charge in [0.1, 0.15) is 5.65 Å². The number of benzene rings is 1. The molecule has 0 unspecified atom stereocenters. The molecule has 26 heavy (non-hydrogen) atoms. The normalized spacial score (nSPS) is 11.6. The van der Waals surface area contributed by atoms with Gasteiger partial charge in [0.05, 0.1) is 22.2 Å². The fourth-order valence-electron chi connectivity index (χ4n) is 2.36. The molecule has 0 fully saturated rings. The number of nitrogens with one attached hydrogen (secondary N) is 2. The molecule has 3 rings (SSSR count). The van der Waals surface area contributed by atoms with Crippen molar-refractivity contribution in [2.24, 2.45) is 0 Å². The quantitative estimate of drug-likeness (QED) is 0.643. The van der Waals surface area contributed by atoms with Crippen molar-refractivity contribution in [3.05, 3.63) is 65.6 Å². The molecule has 1 amide bonds. The molecule has 136 valence electrons. The zero-order valence-electron chi connectivity index (χ0n) is 13.7. The lowest BCUT2D eigenvalue weighted by atomic mass is 10.4. The summed E-state index contributed by atoms with van der Waals surface area (Å²) >= 11 is 5.92. The zero-order chi connectivity index (χ0) is 18.6. The average molecular weight is 393 g/mol. The van der Waals surface area contributed by atoms with E-state index in [9.17, 15) is 13.2 Å². The van der Waals surface area contributed by atoms with Crippen LogP contribution in [0.5, 0.6) is 0 Å². The first-order chi connectivity index (χ1) is 12.4. The second-order valence-corrected chi connectivity index (χ2v) is 7.79. The van der Waals surface area contributed by atoms with Gasteiger partial charge in [-0.25, -0.2) is 18.1 Å². The number of fused-ring (bicyclic) bond motifs is 1. The summed E-state index contributed by atoms with van der Waals surface area (Å²) < 4.78 is 28.3. The Bertz CT molecular complexity index is 1020. The van der Waals surface area contributed by atoms with Crippen LogP contribution in [-0.4, -0.2) is 30.3 Å². The van der Waals surface area contributed by atoms with E-state index in [4.69, 9.17) is 11.6 Å². The number of hydrogen-bond donors (Lipinski definition) is 2. The van der Waals surface area contributed by atoms with Crippen LogP contribution < -0.4 is 10.0 Å². The van der Waals surface area contributed by atoms with E-state index in [-0.39, 0.29) is 30.3 Å². The molecule has 0 saturated heterocycles. The van der Waals surface area contributed by atoms with Gasteiger partial charge in [0, 0.05) is 25.4 Å². The molecule has 0 saturated carbocycles. The average Bonchev–Trinajstić information content (AvgIpc) is 3.02. The van der Waals surface area contributed by atoms with Crippen LogP contribution in [0.15, 0.2) is 59.8 Å². The second kappa shape index (κ2) is 7.86. The summed E-state index contributed by atoms with van der Waals surface area (Å²) in [5.74, 6) is -0.268. The molecule has 2 aromatic heterocycles. The number of carbonyl (C=O) groups is 1. The van der Waals surface area contributed by atoms with Crippen molar-refractivity contribution in [1.29, 1.82) is 0 Å². The van der Waals surface area contributed by atoms with Crippen molar-refractivity contribution in [3.8, 4) is 0 Å². The molecule has 7 nitrogen and oxygen atoms in total. The van der Waals surface area contributed by atoms with Crippen LogP contribution >= 0.6 is 11.6 Å². The minimum Gasteiger partial charge on any atom is -0.350 e. The molecule has 2 heterocycles. The topological polar surface area (TPSA) is 92.6 Å². The van der Waals surface area contributed by atoms with Crippen LogP contribution in [-0.2, 0) is 21.4 Å². The van der Waals surface area contributed by atoms with Crippen molar-refractivity contribution >= 4 is 33.2 Å². The number of sulfonamides is 1. The molecule has 0 radical (unpaired) electrons. The number of aromatic nitrogens is 2. The third-order valence-electron chi connectivity index (χ3n) is 3.63. The third kappa shape index (κ3) is 4.60. The number of hydrogen-bond acceptors (Lipinski definition) is 4. The number of rotatable bonds is 7. The van der Waals surface area contributed by atoms with Crippen LogP contribution in [0.1, 0.15) is 12.1 Å². The summed E-state index contributed by atoms with van der Waals surface area (Å²) in [7, 11) is -3.60. The number of halogens is 1. The maximum absolute atomic E-state index is 12.1. The van der Waals surface area contributed by atoms with Gasteiger partial charge in [-0.3, -0.25) is 4.79 Å². The van der Waals surface area contributed by atoms with Gasteiger partial charge in [0.2, 0.25) is 15.9 Å². The van der Waals surface area contributed by atoms with E-state index in [0.29, 0.717) is 10.7 Å². The Morgan fingerprint density at radius 1 is 1.12 bits per heavy atom. The summed E-state index contributed by atoms with van der Waals surface area (Å²) in [6.45, 7) is 0.271. The van der Waals surface area contributed by atoms with E-state index >= 15 is 0 Å². The van der Waals surface area contributed by atoms with E-state index in [1.807, 2.05) is 0 Å². The van der Waals surface area contributed by atoms with E-state index in [1.54, 1.807) is 47.1 Å². The Morgan fingerprint density at radius 2 is 1.88 bits per heavy atom. The predicted molar refractivity (Wildman–Crippen MR) is 98.3 cm³/mol. The van der Waals surface area contributed by atoms with Crippen LogP contribution in [0.2, 0.25) is 5.02 Å². The lowest BCUT2D eigenvalue weighted by Gasteiger charge is -2.07. The third-order valence-corrected chi connectivity index (χ3v) is 5.33. The fourth-order valence-corrected chi connectivity index (χ4v) is 3.58. The van der Waals surface area contributed by atoms with Gasteiger partial charge in [-0.05, 0) is 24.3 Å². The smallest absolute Gasteiger partial charge is 0.240 e. The summed E-state index contributed by atoms with van der Waals surface area (Å²) in [6, 6.07) is 11.5. The van der Waals surface area contributed by atoms with Gasteiger partial charge in [-0.15, -0.1) is 0 Å². The van der Waals surface area contributed by atoms with Gasteiger partial charge in [0.15, 0.2) is 0 Å². The van der Waals surface area contributed by atoms with Crippen molar-refractivity contribution in [2.45, 2.75) is 17.9 Å². The summed E-state index contributed by atoms with van der Waals surface area (Å²) in [4.78, 5) is 16.4. The highest BCUT2D eigenvalue weighted by molar-refractivity contribution is 7.89. The van der Waals surface area contributed by atoms with Gasteiger partial charge < -0.3 is 9.72 Å². The molecule has 9 heteroatoms. The molecule has 0 aliphatic carbocycles. The lowest BCUT2D eigenvalue weighted by molar-refractivity contribution is -0.121. The summed E-state index contributed by atoms with van der Waals surface area (Å²) in [5, 5.41) is 3.31. The molecular formula is C17H17ClN4O3S. The highest BCUT2D eigenvalue weighted by Crippen LogP contribution is 2.11. The van der Waals surface area contributed by atoms with Crippen LogP contribution in [0, 0.1) is 0 Å². The number of pyridine rings is 1. The van der Waals surface area contributed by atoms with Gasteiger partial charge in [-0.1, -0.05) is 29.8 Å². The van der Waals surface area contributed by atoms with Crippen LogP contribution in [0.4, 0.5) is 0 Å².